The normalized spacial score (nSPS) is 12.4. The van der Waals surface area contributed by atoms with E-state index in [4.69, 9.17) is 32.7 Å². The van der Waals surface area contributed by atoms with Crippen LogP contribution >= 0.6 is 23.2 Å². The zero-order valence-corrected chi connectivity index (χ0v) is 19.8. The summed E-state index contributed by atoms with van der Waals surface area (Å²) in [7, 11) is 2.73. The van der Waals surface area contributed by atoms with Crippen molar-refractivity contribution >= 4 is 46.7 Å². The van der Waals surface area contributed by atoms with E-state index in [0.29, 0.717) is 11.3 Å². The number of carbonyl (C=O) groups is 2. The maximum Gasteiger partial charge on any atom is 0.329 e. The molecule has 178 valence electrons. The van der Waals surface area contributed by atoms with Crippen molar-refractivity contribution in [1.82, 2.24) is 19.9 Å². The number of ether oxygens (including phenoxy) is 2. The van der Waals surface area contributed by atoms with Gasteiger partial charge in [0.15, 0.2) is 0 Å². The van der Waals surface area contributed by atoms with E-state index in [9.17, 15) is 14.7 Å². The molecule has 2 aromatic heterocycles. The molecular formula is C21H20Cl2N6O5. The molecule has 3 N–H and O–H groups in total. The van der Waals surface area contributed by atoms with E-state index < -0.39 is 17.4 Å². The molecule has 1 atom stereocenters. The number of nitrogens with one attached hydrogen (secondary N) is 2. The Morgan fingerprint density at radius 3 is 2.06 bits per heavy atom. The highest BCUT2D eigenvalue weighted by Crippen LogP contribution is 2.25. The number of carboxylic acids is 1. The van der Waals surface area contributed by atoms with Crippen molar-refractivity contribution in [3.05, 3.63) is 57.8 Å². The van der Waals surface area contributed by atoms with E-state index >= 15 is 0 Å². The summed E-state index contributed by atoms with van der Waals surface area (Å²) in [6, 6.07) is 6.57. The number of carboxylic acid groups (broad SMARTS) is 1. The molecule has 0 unspecified atom stereocenters. The number of aliphatic carboxylic acids is 1. The van der Waals surface area contributed by atoms with Gasteiger partial charge >= 0.3 is 18.0 Å². The van der Waals surface area contributed by atoms with Crippen molar-refractivity contribution in [2.75, 3.05) is 24.9 Å². The Kier molecular flexibility index (Phi) is 7.69. The molecule has 0 spiro atoms. The monoisotopic (exact) mass is 506 g/mol. The summed E-state index contributed by atoms with van der Waals surface area (Å²) in [5.41, 5.74) is -0.244. The second kappa shape index (κ2) is 10.5. The SMILES string of the molecule is COc1nc(N[C@@](C)(Cc2ccc(NC(=O)c3c(Cl)cncc3Cl)cc2)C(=O)O)nc(OC)n1. The van der Waals surface area contributed by atoms with Gasteiger partial charge in [-0.3, -0.25) is 9.78 Å². The first kappa shape index (κ1) is 24.9. The lowest BCUT2D eigenvalue weighted by Crippen LogP contribution is -2.46. The summed E-state index contributed by atoms with van der Waals surface area (Å²) >= 11 is 12.0. The minimum absolute atomic E-state index is 0.0245. The smallest absolute Gasteiger partial charge is 0.329 e. The van der Waals surface area contributed by atoms with Crippen LogP contribution in [0.4, 0.5) is 11.6 Å². The van der Waals surface area contributed by atoms with Crippen LogP contribution in [0.3, 0.4) is 0 Å². The van der Waals surface area contributed by atoms with Crippen LogP contribution in [0.2, 0.25) is 10.0 Å². The number of halogens is 2. The highest BCUT2D eigenvalue weighted by Gasteiger charge is 2.34. The summed E-state index contributed by atoms with van der Waals surface area (Å²) in [5.74, 6) is -1.66. The lowest BCUT2D eigenvalue weighted by Gasteiger charge is -2.26. The van der Waals surface area contributed by atoms with Crippen LogP contribution in [0.1, 0.15) is 22.8 Å². The summed E-state index contributed by atoms with van der Waals surface area (Å²) in [6.45, 7) is 1.49. The van der Waals surface area contributed by atoms with Gasteiger partial charge in [-0.1, -0.05) is 35.3 Å². The number of nitrogens with zero attached hydrogens (tertiary/aromatic N) is 4. The largest absolute Gasteiger partial charge is 0.480 e. The lowest BCUT2D eigenvalue weighted by atomic mass is 9.93. The van der Waals surface area contributed by atoms with Gasteiger partial charge in [-0.2, -0.15) is 9.97 Å². The van der Waals surface area contributed by atoms with Crippen LogP contribution in [0.15, 0.2) is 36.7 Å². The van der Waals surface area contributed by atoms with Gasteiger partial charge in [-0.15, -0.1) is 4.98 Å². The maximum absolute atomic E-state index is 12.5. The van der Waals surface area contributed by atoms with Gasteiger partial charge in [0.1, 0.15) is 5.54 Å². The summed E-state index contributed by atoms with van der Waals surface area (Å²) < 4.78 is 10.00. The third-order valence-electron chi connectivity index (χ3n) is 4.67. The Morgan fingerprint density at radius 1 is 1.00 bits per heavy atom. The average Bonchev–Trinajstić information content (AvgIpc) is 2.79. The second-order valence-electron chi connectivity index (χ2n) is 7.20. The fourth-order valence-corrected chi connectivity index (χ4v) is 3.47. The molecule has 34 heavy (non-hydrogen) atoms. The quantitative estimate of drug-likeness (QED) is 0.394. The molecule has 0 bridgehead atoms. The second-order valence-corrected chi connectivity index (χ2v) is 8.02. The molecule has 0 saturated carbocycles. The van der Waals surface area contributed by atoms with Gasteiger partial charge in [0.25, 0.3) is 5.91 Å². The van der Waals surface area contributed by atoms with E-state index in [1.54, 1.807) is 24.3 Å². The van der Waals surface area contributed by atoms with E-state index in [1.165, 1.54) is 33.5 Å². The number of benzene rings is 1. The molecule has 11 nitrogen and oxygen atoms in total. The first-order valence-corrected chi connectivity index (χ1v) is 10.5. The standard InChI is InChI=1S/C21H20Cl2N6O5/c1-21(17(31)32,29-18-26-19(33-2)28-20(27-18)34-3)8-11-4-6-12(7-5-11)25-16(30)15-13(22)9-24-10-14(15)23/h4-7,9-10H,8H2,1-3H3,(H,25,30)(H,31,32)(H,26,27,28,29)/t21-/m0/s1. The molecule has 13 heteroatoms. The zero-order chi connectivity index (χ0) is 24.9. The van der Waals surface area contributed by atoms with E-state index in [0.717, 1.165) is 0 Å². The molecule has 0 fully saturated rings. The van der Waals surface area contributed by atoms with Crippen LogP contribution in [-0.4, -0.2) is 56.7 Å². The zero-order valence-electron chi connectivity index (χ0n) is 18.3. The van der Waals surface area contributed by atoms with Gasteiger partial charge in [0.2, 0.25) is 5.95 Å². The van der Waals surface area contributed by atoms with E-state index in [2.05, 4.69) is 30.6 Å². The van der Waals surface area contributed by atoms with Crippen molar-refractivity contribution < 1.29 is 24.2 Å². The van der Waals surface area contributed by atoms with Gasteiger partial charge in [-0.25, -0.2) is 4.79 Å². The number of hydrogen-bond donors (Lipinski definition) is 3. The fraction of sp³-hybridized carbons (Fsp3) is 0.238. The predicted octanol–water partition coefficient (Wildman–Crippen LogP) is 3.34. The fourth-order valence-electron chi connectivity index (χ4n) is 2.93. The first-order chi connectivity index (χ1) is 16.1. The van der Waals surface area contributed by atoms with Crippen LogP contribution in [0.5, 0.6) is 12.0 Å². The Labute approximate surface area is 204 Å². The van der Waals surface area contributed by atoms with Crippen molar-refractivity contribution in [1.29, 1.82) is 0 Å². The minimum Gasteiger partial charge on any atom is -0.480 e. The van der Waals surface area contributed by atoms with Gasteiger partial charge < -0.3 is 25.2 Å². The number of anilines is 2. The molecular weight excluding hydrogens is 487 g/mol. The van der Waals surface area contributed by atoms with Crippen molar-refractivity contribution in [3.8, 4) is 12.0 Å². The van der Waals surface area contributed by atoms with E-state index in [-0.39, 0.29) is 40.0 Å². The Hall–Kier alpha value is -3.70. The molecule has 2 heterocycles. The molecule has 1 amide bonds. The third kappa shape index (κ3) is 5.80. The third-order valence-corrected chi connectivity index (χ3v) is 5.24. The topological polar surface area (TPSA) is 148 Å². The number of rotatable bonds is 9. The summed E-state index contributed by atoms with van der Waals surface area (Å²) in [4.78, 5) is 40.4. The van der Waals surface area contributed by atoms with Crippen molar-refractivity contribution in [2.24, 2.45) is 0 Å². The van der Waals surface area contributed by atoms with Gasteiger partial charge in [-0.05, 0) is 24.6 Å². The number of methoxy groups -OCH3 is 2. The first-order valence-electron chi connectivity index (χ1n) is 9.70. The molecule has 0 saturated heterocycles. The number of carbonyl (C=O) groups excluding carboxylic acids is 1. The molecule has 0 aliphatic rings. The lowest BCUT2D eigenvalue weighted by molar-refractivity contribution is -0.141. The van der Waals surface area contributed by atoms with E-state index in [1.807, 2.05) is 0 Å². The molecule has 3 rings (SSSR count). The number of aromatic nitrogens is 4. The highest BCUT2D eigenvalue weighted by molar-refractivity contribution is 6.40. The average molecular weight is 507 g/mol. The maximum atomic E-state index is 12.5. The highest BCUT2D eigenvalue weighted by atomic mass is 35.5. The van der Waals surface area contributed by atoms with Crippen LogP contribution in [-0.2, 0) is 11.2 Å². The van der Waals surface area contributed by atoms with Crippen molar-refractivity contribution in [3.63, 3.8) is 0 Å². The molecule has 1 aromatic carbocycles. The summed E-state index contributed by atoms with van der Waals surface area (Å²) in [5, 5.41) is 15.6. The molecule has 0 radical (unpaired) electrons. The Balaban J connectivity index is 1.76. The molecule has 0 aliphatic heterocycles. The summed E-state index contributed by atoms with van der Waals surface area (Å²) in [6.07, 6.45) is 2.71. The molecule has 0 aliphatic carbocycles. The van der Waals surface area contributed by atoms with Crippen LogP contribution < -0.4 is 20.1 Å². The minimum atomic E-state index is -1.49. The number of amides is 1. The van der Waals surface area contributed by atoms with Gasteiger partial charge in [0.05, 0.1) is 29.8 Å². The Bertz CT molecular complexity index is 1170. The Morgan fingerprint density at radius 2 is 1.56 bits per heavy atom. The van der Waals surface area contributed by atoms with Crippen molar-refractivity contribution in [2.45, 2.75) is 18.9 Å². The number of hydrogen-bond acceptors (Lipinski definition) is 9. The van der Waals surface area contributed by atoms with Crippen LogP contribution in [0, 0.1) is 0 Å². The van der Waals surface area contributed by atoms with Gasteiger partial charge in [0, 0.05) is 24.5 Å². The predicted molar refractivity (Wildman–Crippen MR) is 125 cm³/mol. The molecule has 3 aromatic rings. The van der Waals surface area contributed by atoms with Crippen LogP contribution in [0.25, 0.3) is 0 Å². The number of pyridine rings is 1.